The summed E-state index contributed by atoms with van der Waals surface area (Å²) in [6.45, 7) is 4.81. The third-order valence-corrected chi connectivity index (χ3v) is 4.02. The zero-order valence-corrected chi connectivity index (χ0v) is 10.3. The maximum absolute atomic E-state index is 12.2. The van der Waals surface area contributed by atoms with E-state index in [9.17, 15) is 4.79 Å². The fourth-order valence-corrected chi connectivity index (χ4v) is 3.01. The van der Waals surface area contributed by atoms with Gasteiger partial charge in [0.2, 0.25) is 0 Å². The lowest BCUT2D eigenvalue weighted by Crippen LogP contribution is -2.35. The fraction of sp³-hybridized carbons (Fsp3) is 0.667. The first kappa shape index (κ1) is 10.8. The van der Waals surface area contributed by atoms with Crippen LogP contribution in [0.4, 0.5) is 0 Å². The van der Waals surface area contributed by atoms with E-state index in [2.05, 4.69) is 21.9 Å². The molecular formula is C12H18N4O. The Morgan fingerprint density at radius 3 is 3.00 bits per heavy atom. The molecule has 2 aliphatic heterocycles. The van der Waals surface area contributed by atoms with Crippen molar-refractivity contribution in [2.75, 3.05) is 26.7 Å². The molecule has 92 valence electrons. The topological polar surface area (TPSA) is 52.2 Å². The Hall–Kier alpha value is -1.36. The first-order valence-electron chi connectivity index (χ1n) is 6.16. The summed E-state index contributed by atoms with van der Waals surface area (Å²) in [7, 11) is 2.15. The molecule has 0 saturated carbocycles. The fourth-order valence-electron chi connectivity index (χ4n) is 3.01. The molecule has 3 heterocycles. The minimum Gasteiger partial charge on any atom is -0.338 e. The molecule has 2 atom stereocenters. The molecule has 5 heteroatoms. The molecule has 1 amide bonds. The molecule has 0 aromatic carbocycles. The van der Waals surface area contributed by atoms with Crippen LogP contribution >= 0.6 is 0 Å². The highest BCUT2D eigenvalue weighted by atomic mass is 16.2. The van der Waals surface area contributed by atoms with Crippen LogP contribution in [-0.2, 0) is 0 Å². The Balaban J connectivity index is 1.73. The summed E-state index contributed by atoms with van der Waals surface area (Å²) in [5.74, 6) is 1.17. The van der Waals surface area contributed by atoms with Crippen molar-refractivity contribution >= 4 is 5.91 Å². The van der Waals surface area contributed by atoms with Gasteiger partial charge in [-0.1, -0.05) is 0 Å². The average Bonchev–Trinajstić information content (AvgIpc) is 2.96. The molecule has 0 bridgehead atoms. The second-order valence-electron chi connectivity index (χ2n) is 5.22. The molecular weight excluding hydrogens is 216 g/mol. The maximum Gasteiger partial charge on any atom is 0.289 e. The zero-order chi connectivity index (χ0) is 12.0. The van der Waals surface area contributed by atoms with Gasteiger partial charge in [-0.05, 0) is 32.9 Å². The number of hydrogen-bond acceptors (Lipinski definition) is 3. The van der Waals surface area contributed by atoms with Crippen LogP contribution in [0.3, 0.4) is 0 Å². The van der Waals surface area contributed by atoms with E-state index in [1.807, 2.05) is 11.8 Å². The minimum absolute atomic E-state index is 0.0425. The van der Waals surface area contributed by atoms with E-state index in [0.717, 1.165) is 25.3 Å². The number of fused-ring (bicyclic) bond motifs is 1. The number of carbonyl (C=O) groups excluding carboxylic acids is 1. The van der Waals surface area contributed by atoms with Gasteiger partial charge in [0.1, 0.15) is 0 Å². The highest BCUT2D eigenvalue weighted by Gasteiger charge is 2.41. The molecule has 2 saturated heterocycles. The molecule has 17 heavy (non-hydrogen) atoms. The number of aryl methyl sites for hydroxylation is 1. The normalized spacial score (nSPS) is 28.7. The molecule has 2 fully saturated rings. The van der Waals surface area contributed by atoms with Crippen LogP contribution in [0.5, 0.6) is 0 Å². The number of amides is 1. The zero-order valence-electron chi connectivity index (χ0n) is 10.3. The number of nitrogens with zero attached hydrogens (tertiary/aromatic N) is 3. The number of likely N-dealkylation sites (N-methyl/N-ethyl adjacent to an activating group) is 1. The highest BCUT2D eigenvalue weighted by Crippen LogP contribution is 2.30. The summed E-state index contributed by atoms with van der Waals surface area (Å²) in [6, 6.07) is 0.551. The number of hydrogen-bond donors (Lipinski definition) is 1. The summed E-state index contributed by atoms with van der Waals surface area (Å²) in [5, 5.41) is 0. The van der Waals surface area contributed by atoms with Crippen LogP contribution < -0.4 is 0 Å². The number of H-pyrrole nitrogens is 1. The number of imidazole rings is 1. The van der Waals surface area contributed by atoms with Gasteiger partial charge in [0.25, 0.3) is 5.91 Å². The number of carbonyl (C=O) groups is 1. The predicted octanol–water partition coefficient (Wildman–Crippen LogP) is 0.494. The molecule has 0 aliphatic carbocycles. The summed E-state index contributed by atoms with van der Waals surface area (Å²) < 4.78 is 0. The van der Waals surface area contributed by atoms with Crippen molar-refractivity contribution in [3.05, 3.63) is 17.7 Å². The van der Waals surface area contributed by atoms with Crippen molar-refractivity contribution < 1.29 is 4.79 Å². The van der Waals surface area contributed by atoms with Gasteiger partial charge in [-0.2, -0.15) is 0 Å². The molecule has 2 aliphatic rings. The molecule has 0 radical (unpaired) electrons. The predicted molar refractivity (Wildman–Crippen MR) is 63.8 cm³/mol. The quantitative estimate of drug-likeness (QED) is 0.769. The van der Waals surface area contributed by atoms with Gasteiger partial charge in [0.15, 0.2) is 5.82 Å². The van der Waals surface area contributed by atoms with E-state index in [1.165, 1.54) is 6.42 Å². The molecule has 0 spiro atoms. The van der Waals surface area contributed by atoms with Crippen LogP contribution in [0.2, 0.25) is 0 Å². The van der Waals surface area contributed by atoms with Crippen molar-refractivity contribution in [3.8, 4) is 0 Å². The Morgan fingerprint density at radius 1 is 1.53 bits per heavy atom. The van der Waals surface area contributed by atoms with E-state index < -0.39 is 0 Å². The number of rotatable bonds is 1. The molecule has 0 unspecified atom stereocenters. The van der Waals surface area contributed by atoms with E-state index in [1.54, 1.807) is 6.20 Å². The number of likely N-dealkylation sites (tertiary alicyclic amines) is 2. The Kier molecular flexibility index (Phi) is 2.43. The van der Waals surface area contributed by atoms with Crippen LogP contribution in [-0.4, -0.2) is 58.4 Å². The monoisotopic (exact) mass is 234 g/mol. The third-order valence-electron chi connectivity index (χ3n) is 4.02. The molecule has 1 aromatic heterocycles. The van der Waals surface area contributed by atoms with E-state index in [0.29, 0.717) is 17.8 Å². The van der Waals surface area contributed by atoms with Crippen LogP contribution in [0.15, 0.2) is 6.20 Å². The maximum atomic E-state index is 12.2. The van der Waals surface area contributed by atoms with Crippen molar-refractivity contribution in [1.82, 2.24) is 19.8 Å². The van der Waals surface area contributed by atoms with Gasteiger partial charge in [-0.3, -0.25) is 4.79 Å². The van der Waals surface area contributed by atoms with Gasteiger partial charge >= 0.3 is 0 Å². The van der Waals surface area contributed by atoms with Gasteiger partial charge in [0, 0.05) is 31.0 Å². The molecule has 1 aromatic rings. The second kappa shape index (κ2) is 3.84. The first-order valence-corrected chi connectivity index (χ1v) is 6.16. The summed E-state index contributed by atoms with van der Waals surface area (Å²) in [4.78, 5) is 23.6. The third kappa shape index (κ3) is 1.74. The molecule has 5 nitrogen and oxygen atoms in total. The number of aromatic nitrogens is 2. The van der Waals surface area contributed by atoms with Crippen molar-refractivity contribution in [3.63, 3.8) is 0 Å². The minimum atomic E-state index is 0.0425. The largest absolute Gasteiger partial charge is 0.338 e. The molecule has 1 N–H and O–H groups in total. The van der Waals surface area contributed by atoms with Gasteiger partial charge in [0.05, 0.1) is 0 Å². The van der Waals surface area contributed by atoms with Gasteiger partial charge < -0.3 is 14.8 Å². The van der Waals surface area contributed by atoms with Crippen molar-refractivity contribution in [1.29, 1.82) is 0 Å². The van der Waals surface area contributed by atoms with Crippen LogP contribution in [0.1, 0.15) is 22.7 Å². The van der Waals surface area contributed by atoms with Crippen molar-refractivity contribution in [2.45, 2.75) is 19.4 Å². The summed E-state index contributed by atoms with van der Waals surface area (Å²) >= 11 is 0. The Labute approximate surface area is 101 Å². The van der Waals surface area contributed by atoms with E-state index >= 15 is 0 Å². The number of aromatic amines is 1. The van der Waals surface area contributed by atoms with Gasteiger partial charge in [-0.25, -0.2) is 4.98 Å². The van der Waals surface area contributed by atoms with Gasteiger partial charge in [-0.15, -0.1) is 0 Å². The SMILES string of the molecule is Cc1cnc(C(=O)N2C[C@@H]3CCN(C)[C@@H]3C2)[nH]1. The summed E-state index contributed by atoms with van der Waals surface area (Å²) in [6.07, 6.45) is 2.92. The van der Waals surface area contributed by atoms with Crippen molar-refractivity contribution in [2.24, 2.45) is 5.92 Å². The lowest BCUT2D eigenvalue weighted by atomic mass is 10.1. The van der Waals surface area contributed by atoms with Crippen LogP contribution in [0.25, 0.3) is 0 Å². The Bertz CT molecular complexity index is 441. The second-order valence-corrected chi connectivity index (χ2v) is 5.22. The Morgan fingerprint density at radius 2 is 2.35 bits per heavy atom. The smallest absolute Gasteiger partial charge is 0.289 e. The lowest BCUT2D eigenvalue weighted by Gasteiger charge is -2.19. The van der Waals surface area contributed by atoms with E-state index in [4.69, 9.17) is 0 Å². The lowest BCUT2D eigenvalue weighted by molar-refractivity contribution is 0.0763. The van der Waals surface area contributed by atoms with Crippen LogP contribution in [0, 0.1) is 12.8 Å². The molecule has 3 rings (SSSR count). The summed E-state index contributed by atoms with van der Waals surface area (Å²) in [5.41, 5.74) is 0.935. The number of nitrogens with one attached hydrogen (secondary N) is 1. The first-order chi connectivity index (χ1) is 8.15. The van der Waals surface area contributed by atoms with E-state index in [-0.39, 0.29) is 5.91 Å². The standard InChI is InChI=1S/C12H18N4O/c1-8-5-13-11(14-8)12(17)16-6-9-3-4-15(2)10(9)7-16/h5,9-10H,3-4,6-7H2,1-2H3,(H,13,14)/t9-,10+/m0/s1. The average molecular weight is 234 g/mol. The highest BCUT2D eigenvalue weighted by molar-refractivity contribution is 5.90.